The van der Waals surface area contributed by atoms with Gasteiger partial charge >= 0.3 is 0 Å². The predicted molar refractivity (Wildman–Crippen MR) is 113 cm³/mol. The zero-order chi connectivity index (χ0) is 22.2. The average Bonchev–Trinajstić information content (AvgIpc) is 3.33. The van der Waals surface area contributed by atoms with Crippen LogP contribution >= 0.6 is 0 Å². The lowest BCUT2D eigenvalue weighted by Crippen LogP contribution is -2.26. The second kappa shape index (κ2) is 8.29. The van der Waals surface area contributed by atoms with Crippen LogP contribution in [0.15, 0.2) is 30.6 Å². The van der Waals surface area contributed by atoms with Gasteiger partial charge in [-0.3, -0.25) is 0 Å². The molecule has 0 spiro atoms. The first-order valence-corrected chi connectivity index (χ1v) is 12.2. The molecule has 2 fully saturated rings. The molecule has 2 unspecified atom stereocenters. The number of halogens is 3. The standard InChI is InChI=1S/C21H25F3N4O2S/c1-21(23,24)16-6-4-15(5-7-16)17-3-2-9-28(17)20-18(22)19(26-13-27-20)25-11-14-8-10-31(29,30)12-14/h4-7,13-14,17H,2-3,8-12H2,1H3,(H,25,26,27). The molecular formula is C21H25F3N4O2S. The highest BCUT2D eigenvalue weighted by Gasteiger charge is 2.32. The Hall–Kier alpha value is -2.36. The van der Waals surface area contributed by atoms with E-state index >= 15 is 4.39 Å². The zero-order valence-corrected chi connectivity index (χ0v) is 18.0. The van der Waals surface area contributed by atoms with Crippen molar-refractivity contribution in [2.24, 2.45) is 5.92 Å². The summed E-state index contributed by atoms with van der Waals surface area (Å²) in [6.07, 6.45) is 3.41. The molecule has 2 atom stereocenters. The normalized spacial score (nSPS) is 23.3. The van der Waals surface area contributed by atoms with E-state index in [1.807, 2.05) is 4.90 Å². The third-order valence-corrected chi connectivity index (χ3v) is 7.82. The number of alkyl halides is 2. The first-order valence-electron chi connectivity index (χ1n) is 10.3. The smallest absolute Gasteiger partial charge is 0.270 e. The van der Waals surface area contributed by atoms with E-state index in [1.165, 1.54) is 18.5 Å². The Morgan fingerprint density at radius 3 is 2.58 bits per heavy atom. The van der Waals surface area contributed by atoms with Gasteiger partial charge in [0.15, 0.2) is 21.5 Å². The number of nitrogens with zero attached hydrogens (tertiary/aromatic N) is 3. The highest BCUT2D eigenvalue weighted by molar-refractivity contribution is 7.91. The Morgan fingerprint density at radius 1 is 1.19 bits per heavy atom. The van der Waals surface area contributed by atoms with Crippen molar-refractivity contribution in [2.45, 2.75) is 38.2 Å². The first-order chi connectivity index (χ1) is 14.6. The summed E-state index contributed by atoms with van der Waals surface area (Å²) in [4.78, 5) is 9.96. The topological polar surface area (TPSA) is 75.2 Å². The predicted octanol–water partition coefficient (Wildman–Crippen LogP) is 3.92. The van der Waals surface area contributed by atoms with Gasteiger partial charge < -0.3 is 10.2 Å². The molecule has 168 valence electrons. The monoisotopic (exact) mass is 454 g/mol. The SMILES string of the molecule is CC(F)(F)c1ccc(C2CCCN2c2ncnc(NCC3CCS(=O)(=O)C3)c2F)cc1. The van der Waals surface area contributed by atoms with Crippen LogP contribution in [0.25, 0.3) is 0 Å². The number of sulfone groups is 1. The number of hydrogen-bond acceptors (Lipinski definition) is 6. The molecule has 31 heavy (non-hydrogen) atoms. The number of hydrogen-bond donors (Lipinski definition) is 1. The number of benzene rings is 1. The summed E-state index contributed by atoms with van der Waals surface area (Å²) >= 11 is 0. The van der Waals surface area contributed by atoms with Crippen LogP contribution in [-0.2, 0) is 15.8 Å². The highest BCUT2D eigenvalue weighted by Crippen LogP contribution is 2.38. The third-order valence-electron chi connectivity index (χ3n) is 5.98. The van der Waals surface area contributed by atoms with Crippen LogP contribution in [0.4, 0.5) is 24.8 Å². The van der Waals surface area contributed by atoms with Crippen molar-refractivity contribution in [1.29, 1.82) is 0 Å². The van der Waals surface area contributed by atoms with E-state index in [0.29, 0.717) is 19.5 Å². The molecule has 0 bridgehead atoms. The summed E-state index contributed by atoms with van der Waals surface area (Å²) in [5.74, 6) is -3.11. The Morgan fingerprint density at radius 2 is 1.94 bits per heavy atom. The van der Waals surface area contributed by atoms with Crippen LogP contribution < -0.4 is 10.2 Å². The molecule has 1 N–H and O–H groups in total. The minimum absolute atomic E-state index is 0.0425. The summed E-state index contributed by atoms with van der Waals surface area (Å²) in [5.41, 5.74) is 0.767. The van der Waals surface area contributed by atoms with Gasteiger partial charge in [0, 0.05) is 25.6 Å². The molecule has 1 aromatic carbocycles. The molecule has 0 radical (unpaired) electrons. The second-order valence-electron chi connectivity index (χ2n) is 8.37. The van der Waals surface area contributed by atoms with Crippen molar-refractivity contribution < 1.29 is 21.6 Å². The molecule has 0 amide bonds. The van der Waals surface area contributed by atoms with Gasteiger partial charge in [0.1, 0.15) is 6.33 Å². The molecule has 2 aliphatic heterocycles. The van der Waals surface area contributed by atoms with Crippen molar-refractivity contribution in [3.05, 3.63) is 47.5 Å². The molecule has 1 aromatic heterocycles. The minimum Gasteiger partial charge on any atom is -0.367 e. The van der Waals surface area contributed by atoms with Gasteiger partial charge in [0.05, 0.1) is 17.5 Å². The number of rotatable bonds is 6. The highest BCUT2D eigenvalue weighted by atomic mass is 32.2. The van der Waals surface area contributed by atoms with E-state index in [4.69, 9.17) is 0 Å². The van der Waals surface area contributed by atoms with E-state index in [1.54, 1.807) is 12.1 Å². The molecule has 6 nitrogen and oxygen atoms in total. The summed E-state index contributed by atoms with van der Waals surface area (Å²) in [6.45, 7) is 1.77. The quantitative estimate of drug-likeness (QED) is 0.713. The van der Waals surface area contributed by atoms with E-state index in [9.17, 15) is 17.2 Å². The Bertz CT molecular complexity index is 1040. The van der Waals surface area contributed by atoms with Crippen LogP contribution in [-0.4, -0.2) is 43.0 Å². The fourth-order valence-electron chi connectivity index (χ4n) is 4.32. The van der Waals surface area contributed by atoms with Gasteiger partial charge in [-0.2, -0.15) is 4.39 Å². The van der Waals surface area contributed by atoms with E-state index in [2.05, 4.69) is 15.3 Å². The number of nitrogens with one attached hydrogen (secondary N) is 1. The maximum Gasteiger partial charge on any atom is 0.270 e. The van der Waals surface area contributed by atoms with Crippen LogP contribution in [0.2, 0.25) is 0 Å². The molecule has 2 saturated heterocycles. The largest absolute Gasteiger partial charge is 0.367 e. The average molecular weight is 455 g/mol. The molecule has 0 saturated carbocycles. The lowest BCUT2D eigenvalue weighted by molar-refractivity contribution is 0.0174. The van der Waals surface area contributed by atoms with Crippen LogP contribution in [0.3, 0.4) is 0 Å². The van der Waals surface area contributed by atoms with Gasteiger partial charge in [-0.05, 0) is 30.7 Å². The number of aromatic nitrogens is 2. The van der Waals surface area contributed by atoms with E-state index in [0.717, 1.165) is 25.3 Å². The molecule has 2 aliphatic rings. The van der Waals surface area contributed by atoms with Gasteiger partial charge in [-0.15, -0.1) is 0 Å². The maximum absolute atomic E-state index is 15.2. The molecule has 4 rings (SSSR count). The summed E-state index contributed by atoms with van der Waals surface area (Å²) in [5, 5.41) is 2.93. The van der Waals surface area contributed by atoms with Crippen LogP contribution in [0.5, 0.6) is 0 Å². The molecule has 10 heteroatoms. The Labute approximate surface area is 179 Å². The summed E-state index contributed by atoms with van der Waals surface area (Å²) < 4.78 is 65.5. The van der Waals surface area contributed by atoms with Gasteiger partial charge in [0.2, 0.25) is 5.82 Å². The Kier molecular flexibility index (Phi) is 5.85. The second-order valence-corrected chi connectivity index (χ2v) is 10.6. The first kappa shape index (κ1) is 21.9. The summed E-state index contributed by atoms with van der Waals surface area (Å²) in [7, 11) is -3.00. The van der Waals surface area contributed by atoms with Crippen molar-refractivity contribution in [2.75, 3.05) is 34.8 Å². The number of anilines is 2. The van der Waals surface area contributed by atoms with Crippen molar-refractivity contribution in [1.82, 2.24) is 9.97 Å². The molecule has 3 heterocycles. The summed E-state index contributed by atoms with van der Waals surface area (Å²) in [6, 6.07) is 5.97. The maximum atomic E-state index is 15.2. The third kappa shape index (κ3) is 4.78. The van der Waals surface area contributed by atoms with Crippen molar-refractivity contribution in [3.63, 3.8) is 0 Å². The van der Waals surface area contributed by atoms with E-state index < -0.39 is 21.6 Å². The fourth-order valence-corrected chi connectivity index (χ4v) is 6.18. The van der Waals surface area contributed by atoms with Gasteiger partial charge in [-0.25, -0.2) is 27.2 Å². The van der Waals surface area contributed by atoms with Gasteiger partial charge in [-0.1, -0.05) is 24.3 Å². The van der Waals surface area contributed by atoms with Crippen molar-refractivity contribution >= 4 is 21.5 Å². The zero-order valence-electron chi connectivity index (χ0n) is 17.2. The van der Waals surface area contributed by atoms with E-state index in [-0.39, 0.29) is 40.7 Å². The lowest BCUT2D eigenvalue weighted by atomic mass is 10.0. The minimum atomic E-state index is -3.00. The van der Waals surface area contributed by atoms with Gasteiger partial charge in [0.25, 0.3) is 5.92 Å². The molecular weight excluding hydrogens is 429 g/mol. The van der Waals surface area contributed by atoms with Crippen LogP contribution in [0, 0.1) is 11.7 Å². The molecule has 2 aromatic rings. The Balaban J connectivity index is 1.51. The van der Waals surface area contributed by atoms with Crippen molar-refractivity contribution in [3.8, 4) is 0 Å². The van der Waals surface area contributed by atoms with Crippen LogP contribution in [0.1, 0.15) is 43.4 Å². The fraction of sp³-hybridized carbons (Fsp3) is 0.524. The lowest BCUT2D eigenvalue weighted by Gasteiger charge is -2.27. The molecule has 0 aliphatic carbocycles.